The molecule has 2 unspecified atom stereocenters. The maximum atomic E-state index is 12.5. The van der Waals surface area contributed by atoms with Gasteiger partial charge in [0.2, 0.25) is 5.88 Å². The summed E-state index contributed by atoms with van der Waals surface area (Å²) in [4.78, 5) is 6.99. The second-order valence-electron chi connectivity index (χ2n) is 8.67. The molecule has 5 rings (SSSR count). The number of nitrogens with zero attached hydrogens (tertiary/aromatic N) is 2. The highest BCUT2D eigenvalue weighted by atomic mass is 79.9. The molecule has 32 heavy (non-hydrogen) atoms. The van der Waals surface area contributed by atoms with Crippen LogP contribution < -0.4 is 4.74 Å². The van der Waals surface area contributed by atoms with Crippen LogP contribution in [-0.4, -0.2) is 35.6 Å². The predicted octanol–water partition coefficient (Wildman–Crippen LogP) is 6.07. The molecule has 3 aromatic carbocycles. The number of hydrogen-bond donors (Lipinski definition) is 1. The Hall–Kier alpha value is -2.73. The van der Waals surface area contributed by atoms with E-state index < -0.39 is 5.60 Å². The molecule has 2 atom stereocenters. The van der Waals surface area contributed by atoms with Crippen LogP contribution in [0.1, 0.15) is 29.0 Å². The lowest BCUT2D eigenvalue weighted by Gasteiger charge is -2.40. The quantitative estimate of drug-likeness (QED) is 0.378. The third-order valence-electron chi connectivity index (χ3n) is 6.18. The standard InChI is InChI=1S/C27H25BrN2O2/c1-30(2)14-13-27(31)20-9-6-10-22(17-20)32-26-23(25(27)18-7-4-3-5-8-18)16-19-15-21(28)11-12-24(19)29-26/h3-12,15-17,25,31H,13-14H2,1-2H3. The number of ether oxygens (including phenoxy) is 1. The van der Waals surface area contributed by atoms with E-state index in [1.54, 1.807) is 0 Å². The fraction of sp³-hybridized carbons (Fsp3) is 0.222. The number of aromatic nitrogens is 1. The third-order valence-corrected chi connectivity index (χ3v) is 6.67. The lowest BCUT2D eigenvalue weighted by molar-refractivity contribution is 0.00297. The van der Waals surface area contributed by atoms with Gasteiger partial charge in [0.1, 0.15) is 11.4 Å². The number of aliphatic hydroxyl groups is 1. The molecule has 1 aromatic heterocycles. The summed E-state index contributed by atoms with van der Waals surface area (Å²) < 4.78 is 7.29. The Morgan fingerprint density at radius 1 is 1.00 bits per heavy atom. The Morgan fingerprint density at radius 2 is 1.81 bits per heavy atom. The number of hydrogen-bond acceptors (Lipinski definition) is 4. The third kappa shape index (κ3) is 3.81. The van der Waals surface area contributed by atoms with Crippen molar-refractivity contribution < 1.29 is 9.84 Å². The summed E-state index contributed by atoms with van der Waals surface area (Å²) in [5.41, 5.74) is 2.48. The van der Waals surface area contributed by atoms with Crippen molar-refractivity contribution in [3.63, 3.8) is 0 Å². The zero-order valence-electron chi connectivity index (χ0n) is 18.1. The van der Waals surface area contributed by atoms with E-state index in [4.69, 9.17) is 9.72 Å². The molecule has 0 aliphatic carbocycles. The van der Waals surface area contributed by atoms with E-state index in [9.17, 15) is 5.11 Å². The second kappa shape index (κ2) is 8.32. The number of benzene rings is 3. The van der Waals surface area contributed by atoms with Gasteiger partial charge in [0.25, 0.3) is 0 Å². The van der Waals surface area contributed by atoms with Crippen molar-refractivity contribution in [3.8, 4) is 11.6 Å². The molecule has 5 heteroatoms. The summed E-state index contributed by atoms with van der Waals surface area (Å²) in [5.74, 6) is 0.876. The van der Waals surface area contributed by atoms with E-state index in [0.29, 0.717) is 18.1 Å². The smallest absolute Gasteiger partial charge is 0.223 e. The largest absolute Gasteiger partial charge is 0.439 e. The van der Waals surface area contributed by atoms with Crippen LogP contribution in [0.3, 0.4) is 0 Å². The van der Waals surface area contributed by atoms with Gasteiger partial charge in [-0.05, 0) is 68.0 Å². The zero-order valence-corrected chi connectivity index (χ0v) is 19.7. The van der Waals surface area contributed by atoms with Crippen LogP contribution in [0.5, 0.6) is 11.6 Å². The van der Waals surface area contributed by atoms with Crippen LogP contribution >= 0.6 is 15.9 Å². The molecule has 1 aliphatic rings. The minimum atomic E-state index is -1.14. The monoisotopic (exact) mass is 488 g/mol. The number of pyridine rings is 1. The van der Waals surface area contributed by atoms with Crippen LogP contribution in [-0.2, 0) is 5.60 Å². The van der Waals surface area contributed by atoms with Crippen molar-refractivity contribution >= 4 is 26.8 Å². The highest BCUT2D eigenvalue weighted by molar-refractivity contribution is 9.10. The molecule has 1 aliphatic heterocycles. The van der Waals surface area contributed by atoms with Gasteiger partial charge in [0.05, 0.1) is 5.52 Å². The first-order chi connectivity index (χ1) is 15.4. The Bertz CT molecular complexity index is 1280. The first kappa shape index (κ1) is 21.1. The summed E-state index contributed by atoms with van der Waals surface area (Å²) in [6.07, 6.45) is 0.568. The summed E-state index contributed by atoms with van der Waals surface area (Å²) in [5, 5.41) is 13.5. The molecule has 0 saturated heterocycles. The molecule has 0 saturated carbocycles. The highest BCUT2D eigenvalue weighted by Crippen LogP contribution is 2.50. The molecule has 2 bridgehead atoms. The van der Waals surface area contributed by atoms with Crippen LogP contribution in [0.2, 0.25) is 0 Å². The number of fused-ring (bicyclic) bond motifs is 4. The van der Waals surface area contributed by atoms with E-state index in [0.717, 1.165) is 38.6 Å². The van der Waals surface area contributed by atoms with E-state index in [1.165, 1.54) is 0 Å². The van der Waals surface area contributed by atoms with Gasteiger partial charge in [-0.25, -0.2) is 4.98 Å². The van der Waals surface area contributed by atoms with Gasteiger partial charge in [-0.15, -0.1) is 0 Å². The average molecular weight is 489 g/mol. The summed E-state index contributed by atoms with van der Waals surface area (Å²) in [6, 6.07) is 26.1. The summed E-state index contributed by atoms with van der Waals surface area (Å²) in [7, 11) is 4.06. The Labute approximate surface area is 196 Å². The molecule has 0 amide bonds. The maximum Gasteiger partial charge on any atom is 0.223 e. The van der Waals surface area contributed by atoms with E-state index in [2.05, 4.69) is 45.1 Å². The zero-order chi connectivity index (χ0) is 22.3. The molecule has 0 spiro atoms. The molecule has 4 aromatic rings. The SMILES string of the molecule is CN(C)CCC1(O)c2cccc(c2)Oc2nc3ccc(Br)cc3cc2C1c1ccccc1. The van der Waals surface area contributed by atoms with E-state index >= 15 is 0 Å². The minimum absolute atomic E-state index is 0.343. The lowest BCUT2D eigenvalue weighted by Crippen LogP contribution is -2.38. The van der Waals surface area contributed by atoms with E-state index in [1.807, 2.05) is 68.7 Å². The number of rotatable bonds is 4. The van der Waals surface area contributed by atoms with Gasteiger partial charge in [0.15, 0.2) is 0 Å². The molecule has 0 fully saturated rings. The van der Waals surface area contributed by atoms with Crippen LogP contribution in [0.15, 0.2) is 83.3 Å². The van der Waals surface area contributed by atoms with Crippen molar-refractivity contribution in [2.45, 2.75) is 17.9 Å². The first-order valence-corrected chi connectivity index (χ1v) is 11.5. The van der Waals surface area contributed by atoms with Crippen LogP contribution in [0.25, 0.3) is 10.9 Å². The van der Waals surface area contributed by atoms with Gasteiger partial charge in [-0.1, -0.05) is 58.4 Å². The molecular formula is C27H25BrN2O2. The second-order valence-corrected chi connectivity index (χ2v) is 9.59. The maximum absolute atomic E-state index is 12.5. The van der Waals surface area contributed by atoms with Crippen LogP contribution in [0.4, 0.5) is 0 Å². The summed E-state index contributed by atoms with van der Waals surface area (Å²) in [6.45, 7) is 0.743. The van der Waals surface area contributed by atoms with E-state index in [-0.39, 0.29) is 5.92 Å². The normalized spacial score (nSPS) is 19.8. The minimum Gasteiger partial charge on any atom is -0.439 e. The molecule has 4 nitrogen and oxygen atoms in total. The Morgan fingerprint density at radius 3 is 2.59 bits per heavy atom. The van der Waals surface area contributed by atoms with Gasteiger partial charge >= 0.3 is 0 Å². The first-order valence-electron chi connectivity index (χ1n) is 10.7. The van der Waals surface area contributed by atoms with Gasteiger partial charge in [-0.3, -0.25) is 0 Å². The fourth-order valence-corrected chi connectivity index (χ4v) is 4.96. The van der Waals surface area contributed by atoms with Crippen LogP contribution in [0, 0.1) is 0 Å². The molecule has 1 N–H and O–H groups in total. The molecule has 162 valence electrons. The van der Waals surface area contributed by atoms with Crippen molar-refractivity contribution in [2.24, 2.45) is 0 Å². The molecule has 0 radical (unpaired) electrons. The molecular weight excluding hydrogens is 464 g/mol. The van der Waals surface area contributed by atoms with Crippen molar-refractivity contribution in [1.82, 2.24) is 9.88 Å². The van der Waals surface area contributed by atoms with Gasteiger partial charge < -0.3 is 14.7 Å². The average Bonchev–Trinajstić information content (AvgIpc) is 2.78. The molecule has 2 heterocycles. The fourth-order valence-electron chi connectivity index (χ4n) is 4.58. The summed E-state index contributed by atoms with van der Waals surface area (Å²) >= 11 is 3.58. The van der Waals surface area contributed by atoms with Crippen molar-refractivity contribution in [3.05, 3.63) is 100 Å². The van der Waals surface area contributed by atoms with Crippen molar-refractivity contribution in [1.29, 1.82) is 0 Å². The Kier molecular flexibility index (Phi) is 5.49. The van der Waals surface area contributed by atoms with Gasteiger partial charge in [0, 0.05) is 27.9 Å². The van der Waals surface area contributed by atoms with Crippen molar-refractivity contribution in [2.75, 3.05) is 20.6 Å². The highest BCUT2D eigenvalue weighted by Gasteiger charge is 2.43. The lowest BCUT2D eigenvalue weighted by atomic mass is 9.71. The van der Waals surface area contributed by atoms with Gasteiger partial charge in [-0.2, -0.15) is 0 Å². The predicted molar refractivity (Wildman–Crippen MR) is 131 cm³/mol. The topological polar surface area (TPSA) is 45.6 Å². The Balaban J connectivity index is 1.82. The number of halogens is 1.